The van der Waals surface area contributed by atoms with Crippen molar-refractivity contribution in [1.29, 1.82) is 0 Å². The Labute approximate surface area is 108 Å². The number of aromatic nitrogens is 1. The van der Waals surface area contributed by atoms with Crippen molar-refractivity contribution in [2.45, 2.75) is 26.2 Å². The van der Waals surface area contributed by atoms with Crippen molar-refractivity contribution >= 4 is 11.6 Å². The number of carbonyl (C=O) groups excluding carboxylic acids is 1. The highest BCUT2D eigenvalue weighted by molar-refractivity contribution is 5.97. The minimum Gasteiger partial charge on any atom is -0.316 e. The molecule has 1 amide bonds. The Bertz CT molecular complexity index is 399. The maximum atomic E-state index is 12.7. The second kappa shape index (κ2) is 5.48. The molecule has 1 aliphatic heterocycles. The number of pyridine rings is 1. The average Bonchev–Trinajstić information content (AvgIpc) is 2.88. The fourth-order valence-electron chi connectivity index (χ4n) is 2.77. The van der Waals surface area contributed by atoms with Gasteiger partial charge in [0.1, 0.15) is 0 Å². The molecule has 4 nitrogen and oxygen atoms in total. The van der Waals surface area contributed by atoms with Gasteiger partial charge in [0, 0.05) is 31.7 Å². The Balaban J connectivity index is 2.19. The highest BCUT2D eigenvalue weighted by Crippen LogP contribution is 2.34. The van der Waals surface area contributed by atoms with Gasteiger partial charge in [-0.05, 0) is 31.5 Å². The third kappa shape index (κ3) is 2.38. The van der Waals surface area contributed by atoms with E-state index in [9.17, 15) is 4.79 Å². The fourth-order valence-corrected chi connectivity index (χ4v) is 2.77. The van der Waals surface area contributed by atoms with Gasteiger partial charge in [-0.15, -0.1) is 0 Å². The van der Waals surface area contributed by atoms with Gasteiger partial charge in [-0.3, -0.25) is 9.78 Å². The molecular weight excluding hydrogens is 226 g/mol. The third-order valence-corrected chi connectivity index (χ3v) is 3.78. The number of hydrogen-bond acceptors (Lipinski definition) is 3. The van der Waals surface area contributed by atoms with Gasteiger partial charge in [-0.25, -0.2) is 0 Å². The number of carbonyl (C=O) groups is 1. The standard InChI is InChI=1S/C14H21N3O/c1-3-6-14(7-10-16-11-14)13(18)17(2)12-4-8-15-9-5-12/h4-5,8-9,16H,3,6-7,10-11H2,1-2H3. The van der Waals surface area contributed by atoms with Crippen LogP contribution in [0.1, 0.15) is 26.2 Å². The van der Waals surface area contributed by atoms with Gasteiger partial charge in [-0.2, -0.15) is 0 Å². The van der Waals surface area contributed by atoms with Crippen molar-refractivity contribution in [1.82, 2.24) is 10.3 Å². The first-order chi connectivity index (χ1) is 8.69. The predicted molar refractivity (Wildman–Crippen MR) is 72.5 cm³/mol. The normalized spacial score (nSPS) is 23.0. The molecule has 0 bridgehead atoms. The van der Waals surface area contributed by atoms with E-state index in [0.29, 0.717) is 0 Å². The number of hydrogen-bond donors (Lipinski definition) is 1. The van der Waals surface area contributed by atoms with Crippen molar-refractivity contribution in [3.8, 4) is 0 Å². The number of nitrogens with zero attached hydrogens (tertiary/aromatic N) is 2. The summed E-state index contributed by atoms with van der Waals surface area (Å²) in [5, 5.41) is 3.33. The van der Waals surface area contributed by atoms with Crippen LogP contribution in [0, 0.1) is 5.41 Å². The van der Waals surface area contributed by atoms with Crippen molar-refractivity contribution < 1.29 is 4.79 Å². The molecule has 98 valence electrons. The minimum atomic E-state index is -0.216. The summed E-state index contributed by atoms with van der Waals surface area (Å²) in [6.45, 7) is 3.88. The molecule has 2 heterocycles. The molecule has 1 unspecified atom stereocenters. The summed E-state index contributed by atoms with van der Waals surface area (Å²) < 4.78 is 0. The summed E-state index contributed by atoms with van der Waals surface area (Å²) in [7, 11) is 1.85. The van der Waals surface area contributed by atoms with E-state index in [0.717, 1.165) is 38.0 Å². The molecule has 0 spiro atoms. The van der Waals surface area contributed by atoms with E-state index in [-0.39, 0.29) is 11.3 Å². The van der Waals surface area contributed by atoms with Crippen LogP contribution >= 0.6 is 0 Å². The molecule has 1 fully saturated rings. The van der Waals surface area contributed by atoms with Crippen LogP contribution in [-0.2, 0) is 4.79 Å². The predicted octanol–water partition coefficient (Wildman–Crippen LogP) is 1.82. The van der Waals surface area contributed by atoms with Gasteiger partial charge in [0.15, 0.2) is 0 Å². The summed E-state index contributed by atoms with van der Waals surface area (Å²) in [6, 6.07) is 3.75. The second-order valence-corrected chi connectivity index (χ2v) is 5.03. The molecule has 1 atom stereocenters. The maximum Gasteiger partial charge on any atom is 0.234 e. The lowest BCUT2D eigenvalue weighted by atomic mass is 9.81. The number of nitrogens with one attached hydrogen (secondary N) is 1. The Morgan fingerprint density at radius 1 is 1.50 bits per heavy atom. The largest absolute Gasteiger partial charge is 0.316 e. The van der Waals surface area contributed by atoms with Crippen LogP contribution in [0.25, 0.3) is 0 Å². The van der Waals surface area contributed by atoms with Crippen LogP contribution in [0.4, 0.5) is 5.69 Å². The molecule has 1 aromatic rings. The van der Waals surface area contributed by atoms with Crippen LogP contribution in [-0.4, -0.2) is 31.0 Å². The number of anilines is 1. The first-order valence-corrected chi connectivity index (χ1v) is 6.58. The zero-order chi connectivity index (χ0) is 13.0. The van der Waals surface area contributed by atoms with Crippen LogP contribution in [0.5, 0.6) is 0 Å². The van der Waals surface area contributed by atoms with Gasteiger partial charge in [-0.1, -0.05) is 13.3 Å². The van der Waals surface area contributed by atoms with Crippen LogP contribution in [0.3, 0.4) is 0 Å². The summed E-state index contributed by atoms with van der Waals surface area (Å²) in [4.78, 5) is 18.5. The second-order valence-electron chi connectivity index (χ2n) is 5.03. The highest BCUT2D eigenvalue weighted by atomic mass is 16.2. The number of rotatable bonds is 4. The van der Waals surface area contributed by atoms with Crippen LogP contribution < -0.4 is 10.2 Å². The lowest BCUT2D eigenvalue weighted by Gasteiger charge is -2.31. The zero-order valence-corrected chi connectivity index (χ0v) is 11.1. The Morgan fingerprint density at radius 3 is 2.78 bits per heavy atom. The van der Waals surface area contributed by atoms with Gasteiger partial charge in [0.05, 0.1) is 5.41 Å². The van der Waals surface area contributed by atoms with E-state index in [2.05, 4.69) is 17.2 Å². The smallest absolute Gasteiger partial charge is 0.234 e. The van der Waals surface area contributed by atoms with Crippen molar-refractivity contribution in [3.63, 3.8) is 0 Å². The Kier molecular flexibility index (Phi) is 3.97. The first-order valence-electron chi connectivity index (χ1n) is 6.58. The highest BCUT2D eigenvalue weighted by Gasteiger charge is 2.42. The Hall–Kier alpha value is -1.42. The molecule has 0 aliphatic carbocycles. The molecular formula is C14H21N3O. The molecule has 1 aromatic heterocycles. The van der Waals surface area contributed by atoms with E-state index < -0.39 is 0 Å². The SMILES string of the molecule is CCCC1(C(=O)N(C)c2ccncc2)CCNC1. The molecule has 0 saturated carbocycles. The van der Waals surface area contributed by atoms with E-state index in [1.165, 1.54) is 0 Å². The summed E-state index contributed by atoms with van der Waals surface area (Å²) in [6.07, 6.45) is 6.37. The van der Waals surface area contributed by atoms with Crippen molar-refractivity contribution in [2.75, 3.05) is 25.0 Å². The van der Waals surface area contributed by atoms with Crippen molar-refractivity contribution in [2.24, 2.45) is 5.41 Å². The number of amides is 1. The van der Waals surface area contributed by atoms with E-state index >= 15 is 0 Å². The van der Waals surface area contributed by atoms with Gasteiger partial charge in [0.25, 0.3) is 0 Å². The van der Waals surface area contributed by atoms with E-state index in [1.807, 2.05) is 19.2 Å². The molecule has 1 N–H and O–H groups in total. The molecule has 1 saturated heterocycles. The molecule has 2 rings (SSSR count). The summed E-state index contributed by atoms with van der Waals surface area (Å²) in [5.41, 5.74) is 0.699. The van der Waals surface area contributed by atoms with Crippen LogP contribution in [0.15, 0.2) is 24.5 Å². The molecule has 0 radical (unpaired) electrons. The fraction of sp³-hybridized carbons (Fsp3) is 0.571. The molecule has 0 aromatic carbocycles. The van der Waals surface area contributed by atoms with Crippen molar-refractivity contribution in [3.05, 3.63) is 24.5 Å². The van der Waals surface area contributed by atoms with Gasteiger partial charge < -0.3 is 10.2 Å². The van der Waals surface area contributed by atoms with Gasteiger partial charge in [0.2, 0.25) is 5.91 Å². The summed E-state index contributed by atoms with van der Waals surface area (Å²) in [5.74, 6) is 0.223. The van der Waals surface area contributed by atoms with E-state index in [4.69, 9.17) is 0 Å². The lowest BCUT2D eigenvalue weighted by Crippen LogP contribution is -2.43. The van der Waals surface area contributed by atoms with Crippen LogP contribution in [0.2, 0.25) is 0 Å². The Morgan fingerprint density at radius 2 is 2.22 bits per heavy atom. The molecule has 18 heavy (non-hydrogen) atoms. The average molecular weight is 247 g/mol. The minimum absolute atomic E-state index is 0.216. The molecule has 1 aliphatic rings. The topological polar surface area (TPSA) is 45.2 Å². The lowest BCUT2D eigenvalue weighted by molar-refractivity contribution is -0.127. The monoisotopic (exact) mass is 247 g/mol. The summed E-state index contributed by atoms with van der Waals surface area (Å²) >= 11 is 0. The first kappa shape index (κ1) is 13.0. The zero-order valence-electron chi connectivity index (χ0n) is 11.1. The maximum absolute atomic E-state index is 12.7. The van der Waals surface area contributed by atoms with E-state index in [1.54, 1.807) is 17.3 Å². The quantitative estimate of drug-likeness (QED) is 0.882. The molecule has 4 heteroatoms. The third-order valence-electron chi connectivity index (χ3n) is 3.78. The van der Waals surface area contributed by atoms with Gasteiger partial charge >= 0.3 is 0 Å².